The van der Waals surface area contributed by atoms with Gasteiger partial charge in [0.15, 0.2) is 0 Å². The van der Waals surface area contributed by atoms with Crippen LogP contribution in [0, 0.1) is 31.6 Å². The van der Waals surface area contributed by atoms with Crippen molar-refractivity contribution in [2.45, 2.75) is 59.5 Å². The molecule has 0 radical (unpaired) electrons. The number of aliphatic hydroxyl groups is 1. The Bertz CT molecular complexity index is 422. The summed E-state index contributed by atoms with van der Waals surface area (Å²) in [5.41, 5.74) is 4.10. The molecular formula is C18H28O. The molecule has 1 aromatic carbocycles. The number of benzene rings is 1. The van der Waals surface area contributed by atoms with Gasteiger partial charge in [0.2, 0.25) is 0 Å². The van der Waals surface area contributed by atoms with Crippen LogP contribution in [0.1, 0.15) is 49.8 Å². The van der Waals surface area contributed by atoms with Gasteiger partial charge in [-0.25, -0.2) is 0 Å². The summed E-state index contributed by atoms with van der Waals surface area (Å²) in [5.74, 6) is 1.98. The number of aryl methyl sites for hydroxylation is 2. The molecule has 1 heteroatoms. The monoisotopic (exact) mass is 260 g/mol. The molecule has 0 amide bonds. The molecule has 0 bridgehead atoms. The SMILES string of the molecule is Cc1ccc(CC2CC(C(C)C)CCC2O)cc1C. The van der Waals surface area contributed by atoms with Crippen molar-refractivity contribution in [3.05, 3.63) is 34.9 Å². The summed E-state index contributed by atoms with van der Waals surface area (Å²) < 4.78 is 0. The third-order valence-corrected chi connectivity index (χ3v) is 4.99. The lowest BCUT2D eigenvalue weighted by atomic mass is 9.73. The van der Waals surface area contributed by atoms with E-state index >= 15 is 0 Å². The molecule has 0 spiro atoms. The van der Waals surface area contributed by atoms with Crippen LogP contribution in [0.25, 0.3) is 0 Å². The summed E-state index contributed by atoms with van der Waals surface area (Å²) in [4.78, 5) is 0. The van der Waals surface area contributed by atoms with E-state index in [0.717, 1.165) is 24.7 Å². The molecule has 1 aliphatic carbocycles. The number of hydrogen-bond donors (Lipinski definition) is 1. The van der Waals surface area contributed by atoms with Crippen molar-refractivity contribution in [3.8, 4) is 0 Å². The molecule has 106 valence electrons. The van der Waals surface area contributed by atoms with Gasteiger partial charge in [0.25, 0.3) is 0 Å². The van der Waals surface area contributed by atoms with Crippen molar-refractivity contribution in [2.24, 2.45) is 17.8 Å². The van der Waals surface area contributed by atoms with Crippen molar-refractivity contribution in [2.75, 3.05) is 0 Å². The summed E-state index contributed by atoms with van der Waals surface area (Å²) in [6.45, 7) is 8.96. The predicted molar refractivity (Wildman–Crippen MR) is 81.3 cm³/mol. The van der Waals surface area contributed by atoms with Gasteiger partial charge >= 0.3 is 0 Å². The second kappa shape index (κ2) is 6.09. The fourth-order valence-electron chi connectivity index (χ4n) is 3.34. The van der Waals surface area contributed by atoms with Crippen LogP contribution in [0.15, 0.2) is 18.2 Å². The van der Waals surface area contributed by atoms with Gasteiger partial charge in [-0.15, -0.1) is 0 Å². The molecule has 1 nitrogen and oxygen atoms in total. The fourth-order valence-corrected chi connectivity index (χ4v) is 3.34. The highest BCUT2D eigenvalue weighted by molar-refractivity contribution is 5.30. The molecule has 3 unspecified atom stereocenters. The zero-order chi connectivity index (χ0) is 14.0. The topological polar surface area (TPSA) is 20.2 Å². The number of rotatable bonds is 3. The summed E-state index contributed by atoms with van der Waals surface area (Å²) in [5, 5.41) is 10.3. The minimum absolute atomic E-state index is 0.100. The molecule has 19 heavy (non-hydrogen) atoms. The van der Waals surface area contributed by atoms with E-state index in [1.54, 1.807) is 0 Å². The Labute approximate surface area is 118 Å². The Hall–Kier alpha value is -0.820. The molecule has 1 saturated carbocycles. The van der Waals surface area contributed by atoms with Crippen LogP contribution < -0.4 is 0 Å². The minimum atomic E-state index is -0.100. The first-order valence-electron chi connectivity index (χ1n) is 7.71. The standard InChI is InChI=1S/C18H28O/c1-12(2)16-7-8-18(19)17(11-16)10-15-6-5-13(3)14(4)9-15/h5-6,9,12,16-19H,7-8,10-11H2,1-4H3. The first-order chi connectivity index (χ1) is 8.97. The summed E-state index contributed by atoms with van der Waals surface area (Å²) in [6, 6.07) is 6.73. The van der Waals surface area contributed by atoms with E-state index in [-0.39, 0.29) is 6.10 Å². The highest BCUT2D eigenvalue weighted by atomic mass is 16.3. The molecule has 3 atom stereocenters. The molecule has 0 aromatic heterocycles. The molecule has 1 N–H and O–H groups in total. The lowest BCUT2D eigenvalue weighted by molar-refractivity contribution is 0.0378. The smallest absolute Gasteiger partial charge is 0.0571 e. The van der Waals surface area contributed by atoms with Crippen molar-refractivity contribution in [1.82, 2.24) is 0 Å². The van der Waals surface area contributed by atoms with Gasteiger partial charge in [0.05, 0.1) is 6.10 Å². The number of aliphatic hydroxyl groups excluding tert-OH is 1. The van der Waals surface area contributed by atoms with E-state index in [1.807, 2.05) is 0 Å². The predicted octanol–water partition coefficient (Wildman–Crippen LogP) is 4.28. The minimum Gasteiger partial charge on any atom is -0.393 e. The van der Waals surface area contributed by atoms with Crippen molar-refractivity contribution in [1.29, 1.82) is 0 Å². The molecule has 1 aromatic rings. The van der Waals surface area contributed by atoms with Crippen molar-refractivity contribution in [3.63, 3.8) is 0 Å². The molecule has 0 heterocycles. The normalized spacial score (nSPS) is 27.8. The van der Waals surface area contributed by atoms with Crippen LogP contribution >= 0.6 is 0 Å². The summed E-state index contributed by atoms with van der Waals surface area (Å²) in [6.07, 6.45) is 4.30. The highest BCUT2D eigenvalue weighted by Crippen LogP contribution is 2.35. The Balaban J connectivity index is 2.05. The van der Waals surface area contributed by atoms with E-state index in [9.17, 15) is 5.11 Å². The lowest BCUT2D eigenvalue weighted by Gasteiger charge is -2.35. The van der Waals surface area contributed by atoms with Crippen molar-refractivity contribution < 1.29 is 5.11 Å². The Kier molecular flexibility index (Phi) is 4.67. The van der Waals surface area contributed by atoms with Gasteiger partial charge in [0.1, 0.15) is 0 Å². The Morgan fingerprint density at radius 2 is 1.89 bits per heavy atom. The van der Waals surface area contributed by atoms with E-state index in [2.05, 4.69) is 45.9 Å². The first kappa shape index (κ1) is 14.6. The Morgan fingerprint density at radius 1 is 1.16 bits per heavy atom. The first-order valence-corrected chi connectivity index (χ1v) is 7.71. The van der Waals surface area contributed by atoms with E-state index in [4.69, 9.17) is 0 Å². The molecule has 1 fully saturated rings. The third kappa shape index (κ3) is 3.60. The quantitative estimate of drug-likeness (QED) is 0.860. The third-order valence-electron chi connectivity index (χ3n) is 4.99. The summed E-state index contributed by atoms with van der Waals surface area (Å²) >= 11 is 0. The second-order valence-electron chi connectivity index (χ2n) is 6.77. The average molecular weight is 260 g/mol. The average Bonchev–Trinajstić information content (AvgIpc) is 2.36. The molecular weight excluding hydrogens is 232 g/mol. The molecule has 0 aliphatic heterocycles. The second-order valence-corrected chi connectivity index (χ2v) is 6.77. The Morgan fingerprint density at radius 3 is 2.53 bits per heavy atom. The van der Waals surface area contributed by atoms with E-state index in [0.29, 0.717) is 5.92 Å². The molecule has 2 rings (SSSR count). The number of hydrogen-bond acceptors (Lipinski definition) is 1. The van der Waals surface area contributed by atoms with Crippen LogP contribution in [0.3, 0.4) is 0 Å². The van der Waals surface area contributed by atoms with Crippen LogP contribution in [0.5, 0.6) is 0 Å². The van der Waals surface area contributed by atoms with Gasteiger partial charge < -0.3 is 5.11 Å². The zero-order valence-corrected chi connectivity index (χ0v) is 12.8. The molecule has 1 aliphatic rings. The maximum Gasteiger partial charge on any atom is 0.0571 e. The van der Waals surface area contributed by atoms with Crippen molar-refractivity contribution >= 4 is 0 Å². The van der Waals surface area contributed by atoms with Gasteiger partial charge in [-0.05, 0) is 74.0 Å². The van der Waals surface area contributed by atoms with Crippen LogP contribution in [0.4, 0.5) is 0 Å². The largest absolute Gasteiger partial charge is 0.393 e. The van der Waals surface area contributed by atoms with E-state index < -0.39 is 0 Å². The van der Waals surface area contributed by atoms with Crippen LogP contribution in [-0.4, -0.2) is 11.2 Å². The van der Waals surface area contributed by atoms with E-state index in [1.165, 1.54) is 29.5 Å². The van der Waals surface area contributed by atoms with Gasteiger partial charge in [-0.3, -0.25) is 0 Å². The summed E-state index contributed by atoms with van der Waals surface area (Å²) in [7, 11) is 0. The van der Waals surface area contributed by atoms with Gasteiger partial charge in [0, 0.05) is 0 Å². The zero-order valence-electron chi connectivity index (χ0n) is 12.8. The van der Waals surface area contributed by atoms with Gasteiger partial charge in [-0.2, -0.15) is 0 Å². The van der Waals surface area contributed by atoms with Crippen LogP contribution in [-0.2, 0) is 6.42 Å². The van der Waals surface area contributed by atoms with Gasteiger partial charge in [-0.1, -0.05) is 32.0 Å². The maximum absolute atomic E-state index is 10.3. The van der Waals surface area contributed by atoms with Crippen LogP contribution in [0.2, 0.25) is 0 Å². The highest BCUT2D eigenvalue weighted by Gasteiger charge is 2.30. The lowest BCUT2D eigenvalue weighted by Crippen LogP contribution is -2.32. The maximum atomic E-state index is 10.3. The molecule has 0 saturated heterocycles. The fraction of sp³-hybridized carbons (Fsp3) is 0.667.